The summed E-state index contributed by atoms with van der Waals surface area (Å²) in [6, 6.07) is 9.27. The van der Waals surface area contributed by atoms with Crippen molar-refractivity contribution in [3.8, 4) is 0 Å². The highest BCUT2D eigenvalue weighted by molar-refractivity contribution is 5.93. The Labute approximate surface area is 178 Å². The molecule has 1 atom stereocenters. The third-order valence-electron chi connectivity index (χ3n) is 5.67. The third-order valence-corrected chi connectivity index (χ3v) is 5.67. The smallest absolute Gasteiger partial charge is 0.399 e. The van der Waals surface area contributed by atoms with E-state index in [1.54, 1.807) is 19.2 Å². The summed E-state index contributed by atoms with van der Waals surface area (Å²) in [5.41, 5.74) is 6.55. The number of hydrogen-bond acceptors (Lipinski definition) is 6. The minimum Gasteiger partial charge on any atom is -0.399 e. The highest BCUT2D eigenvalue weighted by Gasteiger charge is 2.31. The van der Waals surface area contributed by atoms with E-state index < -0.39 is 17.8 Å². The number of halogens is 3. The number of aromatic nitrogens is 2. The Kier molecular flexibility index (Phi) is 5.62. The lowest BCUT2D eigenvalue weighted by atomic mass is 10.0. The van der Waals surface area contributed by atoms with Gasteiger partial charge in [0.2, 0.25) is 0 Å². The largest absolute Gasteiger partial charge is 0.416 e. The molecule has 0 bridgehead atoms. The number of likely N-dealkylation sites (N-methyl/N-ethyl adjacent to an activating group) is 1. The fraction of sp³-hybridized carbons (Fsp3) is 0.364. The lowest BCUT2D eigenvalue weighted by Crippen LogP contribution is -2.44. The van der Waals surface area contributed by atoms with Gasteiger partial charge in [-0.15, -0.1) is 5.10 Å². The van der Waals surface area contributed by atoms with E-state index in [1.165, 1.54) is 0 Å². The molecule has 3 N–H and O–H groups in total. The average molecular weight is 430 g/mol. The van der Waals surface area contributed by atoms with E-state index in [1.807, 2.05) is 6.07 Å². The standard InChI is InChI=1S/C22H25F3N6/c1-14(16-9-17(22(23,24)25)11-18(26)10-16)28-21-20-12-19(4-3-15(20)13-27-29-21)31-7-5-30(2)6-8-31/h3-4,9-14H,5-8,26H2,1-2H3,(H,28,29)/t14-/m1/s1. The molecular weight excluding hydrogens is 405 g/mol. The van der Waals surface area contributed by atoms with Gasteiger partial charge in [-0.1, -0.05) is 6.07 Å². The maximum Gasteiger partial charge on any atom is 0.416 e. The second kappa shape index (κ2) is 8.22. The molecule has 0 unspecified atom stereocenters. The number of rotatable bonds is 4. The van der Waals surface area contributed by atoms with Crippen LogP contribution in [0.15, 0.2) is 42.6 Å². The Hall–Kier alpha value is -3.07. The molecule has 0 amide bonds. The van der Waals surface area contributed by atoms with E-state index in [2.05, 4.69) is 44.5 Å². The van der Waals surface area contributed by atoms with Crippen LogP contribution < -0.4 is 16.0 Å². The predicted molar refractivity (Wildman–Crippen MR) is 117 cm³/mol. The molecule has 1 fully saturated rings. The Bertz CT molecular complexity index is 1080. The Morgan fingerprint density at radius 3 is 2.52 bits per heavy atom. The molecule has 2 heterocycles. The number of piperazine rings is 1. The summed E-state index contributed by atoms with van der Waals surface area (Å²) in [5, 5.41) is 13.3. The third kappa shape index (κ3) is 4.66. The number of nitrogens with zero attached hydrogens (tertiary/aromatic N) is 4. The van der Waals surface area contributed by atoms with Crippen molar-refractivity contribution in [2.45, 2.75) is 19.1 Å². The van der Waals surface area contributed by atoms with Crippen LogP contribution in [0, 0.1) is 0 Å². The number of fused-ring (bicyclic) bond motifs is 1. The summed E-state index contributed by atoms with van der Waals surface area (Å²) < 4.78 is 39.6. The molecule has 0 aliphatic carbocycles. The number of hydrogen-bond donors (Lipinski definition) is 2. The summed E-state index contributed by atoms with van der Waals surface area (Å²) in [5.74, 6) is 0.525. The Morgan fingerprint density at radius 1 is 1.06 bits per heavy atom. The molecule has 1 aromatic heterocycles. The van der Waals surface area contributed by atoms with Crippen LogP contribution in [0.4, 0.5) is 30.4 Å². The lowest BCUT2D eigenvalue weighted by Gasteiger charge is -2.34. The topological polar surface area (TPSA) is 70.3 Å². The van der Waals surface area contributed by atoms with Crippen LogP contribution in [0.3, 0.4) is 0 Å². The van der Waals surface area contributed by atoms with Crippen LogP contribution in [0.2, 0.25) is 0 Å². The van der Waals surface area contributed by atoms with Crippen molar-refractivity contribution in [3.05, 3.63) is 53.7 Å². The van der Waals surface area contributed by atoms with E-state index in [0.29, 0.717) is 11.4 Å². The first-order chi connectivity index (χ1) is 14.7. The molecule has 164 valence electrons. The minimum absolute atomic E-state index is 0.0693. The van der Waals surface area contributed by atoms with Crippen molar-refractivity contribution in [1.29, 1.82) is 0 Å². The van der Waals surface area contributed by atoms with Crippen molar-refractivity contribution < 1.29 is 13.2 Å². The Balaban J connectivity index is 1.64. The zero-order valence-electron chi connectivity index (χ0n) is 17.4. The van der Waals surface area contributed by atoms with E-state index in [0.717, 1.165) is 54.8 Å². The van der Waals surface area contributed by atoms with E-state index >= 15 is 0 Å². The molecule has 0 radical (unpaired) electrons. The van der Waals surface area contributed by atoms with Crippen molar-refractivity contribution in [3.63, 3.8) is 0 Å². The van der Waals surface area contributed by atoms with Gasteiger partial charge in [0.25, 0.3) is 0 Å². The van der Waals surface area contributed by atoms with Crippen LogP contribution in [-0.4, -0.2) is 48.3 Å². The number of nitrogen functional groups attached to an aromatic ring is 1. The molecule has 31 heavy (non-hydrogen) atoms. The second-order valence-corrected chi connectivity index (χ2v) is 8.01. The molecule has 0 spiro atoms. The highest BCUT2D eigenvalue weighted by Crippen LogP contribution is 2.34. The SMILES string of the molecule is C[C@@H](Nc1nncc2ccc(N3CCN(C)CC3)cc12)c1cc(N)cc(C(F)(F)F)c1. The number of benzene rings is 2. The van der Waals surface area contributed by atoms with Gasteiger partial charge in [-0.05, 0) is 49.9 Å². The maximum absolute atomic E-state index is 13.2. The molecule has 1 aliphatic heterocycles. The minimum atomic E-state index is -4.46. The van der Waals surface area contributed by atoms with Gasteiger partial charge in [-0.25, -0.2) is 0 Å². The van der Waals surface area contributed by atoms with Crippen LogP contribution >= 0.6 is 0 Å². The van der Waals surface area contributed by atoms with Gasteiger partial charge in [0.15, 0.2) is 5.82 Å². The fourth-order valence-corrected chi connectivity index (χ4v) is 3.81. The molecule has 3 aromatic rings. The quantitative estimate of drug-likeness (QED) is 0.606. The van der Waals surface area contributed by atoms with Crippen LogP contribution in [-0.2, 0) is 6.18 Å². The molecule has 1 saturated heterocycles. The van der Waals surface area contributed by atoms with Crippen LogP contribution in [0.25, 0.3) is 10.8 Å². The van der Waals surface area contributed by atoms with Gasteiger partial charge in [-0.2, -0.15) is 18.3 Å². The number of nitrogens with one attached hydrogen (secondary N) is 1. The van der Waals surface area contributed by atoms with E-state index in [-0.39, 0.29) is 5.69 Å². The van der Waals surface area contributed by atoms with Gasteiger partial charge in [0.05, 0.1) is 17.8 Å². The monoisotopic (exact) mass is 430 g/mol. The number of nitrogens with two attached hydrogens (primary N) is 1. The fourth-order valence-electron chi connectivity index (χ4n) is 3.81. The van der Waals surface area contributed by atoms with Crippen LogP contribution in [0.1, 0.15) is 24.1 Å². The zero-order valence-corrected chi connectivity index (χ0v) is 17.4. The highest BCUT2D eigenvalue weighted by atomic mass is 19.4. The maximum atomic E-state index is 13.2. The van der Waals surface area contributed by atoms with Crippen molar-refractivity contribution >= 4 is 28.0 Å². The van der Waals surface area contributed by atoms with E-state index in [4.69, 9.17) is 5.73 Å². The first kappa shape index (κ1) is 21.2. The molecule has 0 saturated carbocycles. The molecule has 4 rings (SSSR count). The summed E-state index contributed by atoms with van der Waals surface area (Å²) in [6.45, 7) is 5.63. The van der Waals surface area contributed by atoms with Gasteiger partial charge in [-0.3, -0.25) is 0 Å². The summed E-state index contributed by atoms with van der Waals surface area (Å²) >= 11 is 0. The molecule has 6 nitrogen and oxygen atoms in total. The van der Waals surface area contributed by atoms with Gasteiger partial charge >= 0.3 is 6.18 Å². The second-order valence-electron chi connectivity index (χ2n) is 8.01. The first-order valence-electron chi connectivity index (χ1n) is 10.1. The lowest BCUT2D eigenvalue weighted by molar-refractivity contribution is -0.137. The number of anilines is 3. The predicted octanol–water partition coefficient (Wildman–Crippen LogP) is 4.16. The normalized spacial score (nSPS) is 16.5. The van der Waals surface area contributed by atoms with Crippen molar-refractivity contribution in [2.75, 3.05) is 49.2 Å². The molecule has 1 aliphatic rings. The van der Waals surface area contributed by atoms with Crippen molar-refractivity contribution in [2.24, 2.45) is 0 Å². The van der Waals surface area contributed by atoms with Gasteiger partial charge < -0.3 is 20.9 Å². The molecule has 2 aromatic carbocycles. The van der Waals surface area contributed by atoms with Gasteiger partial charge in [0, 0.05) is 48.3 Å². The Morgan fingerprint density at radius 2 is 1.81 bits per heavy atom. The summed E-state index contributed by atoms with van der Waals surface area (Å²) in [7, 11) is 2.11. The van der Waals surface area contributed by atoms with Gasteiger partial charge in [0.1, 0.15) is 0 Å². The number of alkyl halides is 3. The zero-order chi connectivity index (χ0) is 22.2. The van der Waals surface area contributed by atoms with Crippen LogP contribution in [0.5, 0.6) is 0 Å². The molecule has 9 heteroatoms. The van der Waals surface area contributed by atoms with Crippen molar-refractivity contribution in [1.82, 2.24) is 15.1 Å². The summed E-state index contributed by atoms with van der Waals surface area (Å²) in [4.78, 5) is 4.61. The first-order valence-corrected chi connectivity index (χ1v) is 10.1. The van der Waals surface area contributed by atoms with E-state index in [9.17, 15) is 13.2 Å². The average Bonchev–Trinajstić information content (AvgIpc) is 2.73. The molecular formula is C22H25F3N6. The summed E-state index contributed by atoms with van der Waals surface area (Å²) in [6.07, 6.45) is -2.78.